The molecule has 2 nitrogen and oxygen atoms in total. The Kier molecular flexibility index (Phi) is 10.3. The van der Waals surface area contributed by atoms with Crippen molar-refractivity contribution in [1.82, 2.24) is 0 Å². The van der Waals surface area contributed by atoms with Crippen molar-refractivity contribution in [1.29, 1.82) is 0 Å². The number of ether oxygens (including phenoxy) is 1. The summed E-state index contributed by atoms with van der Waals surface area (Å²) < 4.78 is 5.46. The van der Waals surface area contributed by atoms with Crippen molar-refractivity contribution in [3.8, 4) is 0 Å². The minimum atomic E-state index is -0.512. The SMILES string of the molecule is CCCCCCCCCC(=O)C(CC)(CC)OC. The van der Waals surface area contributed by atoms with E-state index < -0.39 is 5.60 Å². The summed E-state index contributed by atoms with van der Waals surface area (Å²) in [5.41, 5.74) is -0.512. The lowest BCUT2D eigenvalue weighted by Gasteiger charge is -2.28. The monoisotopic (exact) mass is 256 g/mol. The zero-order chi connectivity index (χ0) is 13.9. The highest BCUT2D eigenvalue weighted by Crippen LogP contribution is 2.23. The van der Waals surface area contributed by atoms with Gasteiger partial charge in [-0.25, -0.2) is 0 Å². The van der Waals surface area contributed by atoms with Crippen LogP contribution in [0.5, 0.6) is 0 Å². The Hall–Kier alpha value is -0.370. The minimum Gasteiger partial charge on any atom is -0.370 e. The van der Waals surface area contributed by atoms with Crippen LogP contribution in [0.2, 0.25) is 0 Å². The van der Waals surface area contributed by atoms with Crippen LogP contribution >= 0.6 is 0 Å². The first-order valence-corrected chi connectivity index (χ1v) is 7.75. The van der Waals surface area contributed by atoms with Gasteiger partial charge in [-0.1, -0.05) is 59.3 Å². The molecule has 0 N–H and O–H groups in total. The lowest BCUT2D eigenvalue weighted by molar-refractivity contribution is -0.142. The summed E-state index contributed by atoms with van der Waals surface area (Å²) in [6, 6.07) is 0. The van der Waals surface area contributed by atoms with E-state index in [1.54, 1.807) is 7.11 Å². The van der Waals surface area contributed by atoms with Gasteiger partial charge in [0.15, 0.2) is 5.78 Å². The third-order valence-electron chi connectivity index (χ3n) is 4.05. The van der Waals surface area contributed by atoms with Crippen LogP contribution in [0.15, 0.2) is 0 Å². The number of methoxy groups -OCH3 is 1. The molecule has 0 spiro atoms. The van der Waals surface area contributed by atoms with E-state index in [1.165, 1.54) is 38.5 Å². The molecule has 0 saturated heterocycles. The summed E-state index contributed by atoms with van der Waals surface area (Å²) in [6.07, 6.45) is 11.0. The standard InChI is InChI=1S/C16H32O2/c1-5-8-9-10-11-12-13-14-15(17)16(6-2,7-3)18-4/h5-14H2,1-4H3. The number of hydrogen-bond donors (Lipinski definition) is 0. The molecule has 0 aliphatic carbocycles. The molecule has 0 aromatic heterocycles. The van der Waals surface area contributed by atoms with Gasteiger partial charge in [0.1, 0.15) is 5.60 Å². The third-order valence-corrected chi connectivity index (χ3v) is 4.05. The molecule has 0 aromatic carbocycles. The predicted molar refractivity (Wildman–Crippen MR) is 77.9 cm³/mol. The van der Waals surface area contributed by atoms with Crippen LogP contribution in [-0.4, -0.2) is 18.5 Å². The van der Waals surface area contributed by atoms with E-state index in [9.17, 15) is 4.79 Å². The summed E-state index contributed by atoms with van der Waals surface area (Å²) >= 11 is 0. The molecule has 0 radical (unpaired) electrons. The van der Waals surface area contributed by atoms with Crippen LogP contribution in [0, 0.1) is 0 Å². The lowest BCUT2D eigenvalue weighted by Crippen LogP contribution is -2.39. The van der Waals surface area contributed by atoms with Gasteiger partial charge >= 0.3 is 0 Å². The summed E-state index contributed by atoms with van der Waals surface area (Å²) in [5, 5.41) is 0. The average molecular weight is 256 g/mol. The Morgan fingerprint density at radius 1 is 0.889 bits per heavy atom. The Bertz CT molecular complexity index is 199. The highest BCUT2D eigenvalue weighted by atomic mass is 16.5. The topological polar surface area (TPSA) is 26.3 Å². The number of Topliss-reactive ketones (excluding diaryl/α,β-unsaturated/α-hetero) is 1. The zero-order valence-electron chi connectivity index (χ0n) is 12.9. The summed E-state index contributed by atoms with van der Waals surface area (Å²) in [5.74, 6) is 0.295. The first kappa shape index (κ1) is 17.6. The molecule has 0 aromatic rings. The predicted octanol–water partition coefficient (Wildman–Crippen LogP) is 4.90. The van der Waals surface area contributed by atoms with Crippen LogP contribution in [0.3, 0.4) is 0 Å². The van der Waals surface area contributed by atoms with Crippen molar-refractivity contribution < 1.29 is 9.53 Å². The number of carbonyl (C=O) groups excluding carboxylic acids is 1. The molecule has 0 bridgehead atoms. The fourth-order valence-electron chi connectivity index (χ4n) is 2.52. The fourth-order valence-corrected chi connectivity index (χ4v) is 2.52. The first-order chi connectivity index (χ1) is 8.66. The Balaban J connectivity index is 3.75. The van der Waals surface area contributed by atoms with Gasteiger partial charge in [0.2, 0.25) is 0 Å². The molecule has 0 amide bonds. The van der Waals surface area contributed by atoms with Gasteiger partial charge in [-0.3, -0.25) is 4.79 Å². The van der Waals surface area contributed by atoms with E-state index >= 15 is 0 Å². The fraction of sp³-hybridized carbons (Fsp3) is 0.938. The normalized spacial score (nSPS) is 11.8. The van der Waals surface area contributed by atoms with E-state index in [0.29, 0.717) is 12.2 Å². The average Bonchev–Trinajstić information content (AvgIpc) is 2.40. The number of ketones is 1. The number of rotatable bonds is 12. The maximum Gasteiger partial charge on any atom is 0.164 e. The summed E-state index contributed by atoms with van der Waals surface area (Å²) in [7, 11) is 1.66. The van der Waals surface area contributed by atoms with Gasteiger partial charge in [0.25, 0.3) is 0 Å². The Labute approximate surface area is 113 Å². The Morgan fingerprint density at radius 2 is 1.39 bits per heavy atom. The van der Waals surface area contributed by atoms with Crippen molar-refractivity contribution in [2.24, 2.45) is 0 Å². The van der Waals surface area contributed by atoms with Gasteiger partial charge in [0, 0.05) is 13.5 Å². The number of unbranched alkanes of at least 4 members (excludes halogenated alkanes) is 6. The van der Waals surface area contributed by atoms with E-state index in [4.69, 9.17) is 4.74 Å². The molecular weight excluding hydrogens is 224 g/mol. The molecule has 108 valence electrons. The van der Waals surface area contributed by atoms with Crippen LogP contribution in [-0.2, 0) is 9.53 Å². The second-order valence-corrected chi connectivity index (χ2v) is 5.20. The summed E-state index contributed by atoms with van der Waals surface area (Å²) in [6.45, 7) is 6.31. The molecule has 0 aliphatic heterocycles. The minimum absolute atomic E-state index is 0.295. The van der Waals surface area contributed by atoms with Crippen LogP contribution in [0.1, 0.15) is 85.0 Å². The maximum absolute atomic E-state index is 12.2. The van der Waals surface area contributed by atoms with E-state index in [2.05, 4.69) is 6.92 Å². The molecule has 0 aliphatic rings. The molecule has 2 heteroatoms. The first-order valence-electron chi connectivity index (χ1n) is 7.75. The van der Waals surface area contributed by atoms with Crippen LogP contribution in [0.4, 0.5) is 0 Å². The molecule has 0 heterocycles. The van der Waals surface area contributed by atoms with Gasteiger partial charge in [-0.2, -0.15) is 0 Å². The van der Waals surface area contributed by atoms with Crippen molar-refractivity contribution in [2.45, 2.75) is 90.6 Å². The van der Waals surface area contributed by atoms with Gasteiger partial charge < -0.3 is 4.74 Å². The number of hydrogen-bond acceptors (Lipinski definition) is 2. The van der Waals surface area contributed by atoms with Crippen LogP contribution in [0.25, 0.3) is 0 Å². The van der Waals surface area contributed by atoms with E-state index in [0.717, 1.165) is 19.3 Å². The molecule has 0 atom stereocenters. The number of carbonyl (C=O) groups is 1. The molecule has 18 heavy (non-hydrogen) atoms. The molecule has 0 fully saturated rings. The van der Waals surface area contributed by atoms with Crippen molar-refractivity contribution >= 4 is 5.78 Å². The van der Waals surface area contributed by atoms with Crippen molar-refractivity contribution in [3.05, 3.63) is 0 Å². The molecule has 0 saturated carbocycles. The smallest absolute Gasteiger partial charge is 0.164 e. The summed E-state index contributed by atoms with van der Waals surface area (Å²) in [4.78, 5) is 12.2. The van der Waals surface area contributed by atoms with Crippen molar-refractivity contribution in [3.63, 3.8) is 0 Å². The second-order valence-electron chi connectivity index (χ2n) is 5.20. The van der Waals surface area contributed by atoms with E-state index in [-0.39, 0.29) is 0 Å². The molecule has 0 unspecified atom stereocenters. The third kappa shape index (κ3) is 5.99. The largest absolute Gasteiger partial charge is 0.370 e. The highest BCUT2D eigenvalue weighted by Gasteiger charge is 2.33. The lowest BCUT2D eigenvalue weighted by atomic mass is 9.88. The van der Waals surface area contributed by atoms with Gasteiger partial charge in [-0.15, -0.1) is 0 Å². The van der Waals surface area contributed by atoms with Gasteiger partial charge in [-0.05, 0) is 19.3 Å². The van der Waals surface area contributed by atoms with E-state index in [1.807, 2.05) is 13.8 Å². The molecule has 0 rings (SSSR count). The molecular formula is C16H32O2. The zero-order valence-corrected chi connectivity index (χ0v) is 12.9. The quantitative estimate of drug-likeness (QED) is 0.464. The maximum atomic E-state index is 12.2. The Morgan fingerprint density at radius 3 is 1.83 bits per heavy atom. The highest BCUT2D eigenvalue weighted by molar-refractivity contribution is 5.87. The second kappa shape index (κ2) is 10.5. The van der Waals surface area contributed by atoms with Crippen LogP contribution < -0.4 is 0 Å². The van der Waals surface area contributed by atoms with Gasteiger partial charge in [0.05, 0.1) is 0 Å². The van der Waals surface area contributed by atoms with Crippen molar-refractivity contribution in [2.75, 3.05) is 7.11 Å².